The third-order valence-electron chi connectivity index (χ3n) is 2.19. The van der Waals surface area contributed by atoms with Crippen molar-refractivity contribution >= 4 is 11.3 Å². The molecule has 1 aromatic carbocycles. The Bertz CT molecular complexity index is 433. The van der Waals surface area contributed by atoms with Crippen LogP contribution in [0, 0.1) is 0 Å². The van der Waals surface area contributed by atoms with E-state index in [1.165, 1.54) is 6.07 Å². The molecule has 0 bridgehead atoms. The van der Waals surface area contributed by atoms with E-state index < -0.39 is 0 Å². The average molecular weight is 221 g/mol. The number of nitrogens with two attached hydrogens (primary N) is 1. The summed E-state index contributed by atoms with van der Waals surface area (Å²) in [7, 11) is 0. The Labute approximate surface area is 91.4 Å². The first-order valence-corrected chi connectivity index (χ1v) is 5.41. The second kappa shape index (κ2) is 3.92. The second-order valence-corrected chi connectivity index (χ2v) is 4.10. The maximum atomic E-state index is 9.33. The number of phenols is 2. The van der Waals surface area contributed by atoms with Crippen molar-refractivity contribution < 1.29 is 10.2 Å². The lowest BCUT2D eigenvalue weighted by Gasteiger charge is -2.11. The summed E-state index contributed by atoms with van der Waals surface area (Å²) in [6.45, 7) is 0. The van der Waals surface area contributed by atoms with Gasteiger partial charge in [0.15, 0.2) is 0 Å². The molecule has 3 nitrogen and oxygen atoms in total. The fourth-order valence-electron chi connectivity index (χ4n) is 1.44. The van der Waals surface area contributed by atoms with Crippen LogP contribution in [0.4, 0.5) is 0 Å². The van der Waals surface area contributed by atoms with Gasteiger partial charge in [-0.15, -0.1) is 0 Å². The Morgan fingerprint density at radius 3 is 2.27 bits per heavy atom. The molecule has 4 heteroatoms. The first-order valence-electron chi connectivity index (χ1n) is 4.47. The Hall–Kier alpha value is -1.52. The molecule has 0 saturated carbocycles. The first kappa shape index (κ1) is 10.0. The van der Waals surface area contributed by atoms with Gasteiger partial charge in [0, 0.05) is 6.07 Å². The highest BCUT2D eigenvalue weighted by molar-refractivity contribution is 7.08. The summed E-state index contributed by atoms with van der Waals surface area (Å²) in [5.74, 6) is 0.0476. The molecule has 0 amide bonds. The van der Waals surface area contributed by atoms with Gasteiger partial charge in [-0.2, -0.15) is 11.3 Å². The van der Waals surface area contributed by atoms with E-state index in [1.54, 1.807) is 23.5 Å². The number of thiophene rings is 1. The van der Waals surface area contributed by atoms with Crippen molar-refractivity contribution in [2.75, 3.05) is 0 Å². The summed E-state index contributed by atoms with van der Waals surface area (Å²) >= 11 is 1.57. The molecule has 15 heavy (non-hydrogen) atoms. The van der Waals surface area contributed by atoms with E-state index in [0.717, 1.165) is 5.56 Å². The van der Waals surface area contributed by atoms with Crippen LogP contribution in [0.5, 0.6) is 11.5 Å². The van der Waals surface area contributed by atoms with E-state index >= 15 is 0 Å². The van der Waals surface area contributed by atoms with Crippen molar-refractivity contribution in [3.8, 4) is 11.5 Å². The molecule has 0 aliphatic heterocycles. The highest BCUT2D eigenvalue weighted by atomic mass is 32.1. The minimum absolute atomic E-state index is 0.0238. The van der Waals surface area contributed by atoms with E-state index in [4.69, 9.17) is 5.73 Å². The van der Waals surface area contributed by atoms with Crippen LogP contribution >= 0.6 is 11.3 Å². The summed E-state index contributed by atoms with van der Waals surface area (Å²) < 4.78 is 0. The lowest BCUT2D eigenvalue weighted by atomic mass is 10.0. The smallest absolute Gasteiger partial charge is 0.119 e. The van der Waals surface area contributed by atoms with Gasteiger partial charge in [-0.25, -0.2) is 0 Å². The molecule has 1 atom stereocenters. The molecule has 0 radical (unpaired) electrons. The summed E-state index contributed by atoms with van der Waals surface area (Å²) in [6.07, 6.45) is 0. The van der Waals surface area contributed by atoms with Crippen molar-refractivity contribution in [3.63, 3.8) is 0 Å². The van der Waals surface area contributed by atoms with Gasteiger partial charge in [0.25, 0.3) is 0 Å². The predicted octanol–water partition coefficient (Wildman–Crippen LogP) is 2.21. The molecule has 0 aliphatic rings. The zero-order chi connectivity index (χ0) is 10.8. The standard InChI is InChI=1S/C11H11NO2S/c12-11(7-1-2-15-6-7)8-3-9(13)5-10(14)4-8/h1-6,11,13-14H,12H2/t11-/m0/s1. The SMILES string of the molecule is N[C@@H](c1ccsc1)c1cc(O)cc(O)c1. The minimum atomic E-state index is -0.311. The van der Waals surface area contributed by atoms with Crippen LogP contribution in [-0.4, -0.2) is 10.2 Å². The maximum Gasteiger partial charge on any atom is 0.119 e. The van der Waals surface area contributed by atoms with Crippen molar-refractivity contribution in [1.82, 2.24) is 0 Å². The fraction of sp³-hybridized carbons (Fsp3) is 0.0909. The normalized spacial score (nSPS) is 12.6. The molecule has 0 saturated heterocycles. The van der Waals surface area contributed by atoms with Crippen LogP contribution in [0.1, 0.15) is 17.2 Å². The topological polar surface area (TPSA) is 66.5 Å². The Morgan fingerprint density at radius 2 is 1.73 bits per heavy atom. The molecule has 0 unspecified atom stereocenters. The second-order valence-electron chi connectivity index (χ2n) is 3.32. The van der Waals surface area contributed by atoms with Crippen molar-refractivity contribution in [2.24, 2.45) is 5.73 Å². The molecule has 1 aromatic heterocycles. The maximum absolute atomic E-state index is 9.33. The molecule has 2 rings (SSSR count). The largest absolute Gasteiger partial charge is 0.508 e. The van der Waals surface area contributed by atoms with Crippen molar-refractivity contribution in [1.29, 1.82) is 0 Å². The fourth-order valence-corrected chi connectivity index (χ4v) is 2.14. The van der Waals surface area contributed by atoms with Gasteiger partial charge in [0.05, 0.1) is 6.04 Å². The van der Waals surface area contributed by atoms with Gasteiger partial charge in [-0.05, 0) is 40.1 Å². The van der Waals surface area contributed by atoms with Crippen LogP contribution in [-0.2, 0) is 0 Å². The number of hydrogen-bond acceptors (Lipinski definition) is 4. The summed E-state index contributed by atoms with van der Waals surface area (Å²) in [6, 6.07) is 6.01. The van der Waals surface area contributed by atoms with Gasteiger partial charge in [-0.3, -0.25) is 0 Å². The number of aromatic hydroxyl groups is 2. The number of hydrogen-bond donors (Lipinski definition) is 3. The molecule has 0 spiro atoms. The molecule has 0 fully saturated rings. The first-order chi connectivity index (χ1) is 7.16. The summed E-state index contributed by atoms with van der Waals surface area (Å²) in [4.78, 5) is 0. The molecular weight excluding hydrogens is 210 g/mol. The molecule has 78 valence electrons. The lowest BCUT2D eigenvalue weighted by molar-refractivity contribution is 0.448. The zero-order valence-corrected chi connectivity index (χ0v) is 8.74. The third-order valence-corrected chi connectivity index (χ3v) is 2.89. The van der Waals surface area contributed by atoms with E-state index in [2.05, 4.69) is 0 Å². The van der Waals surface area contributed by atoms with Crippen LogP contribution in [0.3, 0.4) is 0 Å². The van der Waals surface area contributed by atoms with Crippen LogP contribution in [0.15, 0.2) is 35.0 Å². The van der Waals surface area contributed by atoms with Gasteiger partial charge in [0.1, 0.15) is 11.5 Å². The monoisotopic (exact) mass is 221 g/mol. The van der Waals surface area contributed by atoms with Crippen molar-refractivity contribution in [3.05, 3.63) is 46.2 Å². The molecule has 4 N–H and O–H groups in total. The third kappa shape index (κ3) is 2.11. The van der Waals surface area contributed by atoms with Gasteiger partial charge >= 0.3 is 0 Å². The quantitative estimate of drug-likeness (QED) is 0.728. The highest BCUT2D eigenvalue weighted by Crippen LogP contribution is 2.28. The highest BCUT2D eigenvalue weighted by Gasteiger charge is 2.10. The minimum Gasteiger partial charge on any atom is -0.508 e. The summed E-state index contributed by atoms with van der Waals surface area (Å²) in [5.41, 5.74) is 7.66. The van der Waals surface area contributed by atoms with E-state index in [-0.39, 0.29) is 17.5 Å². The zero-order valence-electron chi connectivity index (χ0n) is 7.92. The van der Waals surface area contributed by atoms with Gasteiger partial charge in [0.2, 0.25) is 0 Å². The Balaban J connectivity index is 2.37. The molecular formula is C11H11NO2S. The van der Waals surface area contributed by atoms with E-state index in [1.807, 2.05) is 16.8 Å². The summed E-state index contributed by atoms with van der Waals surface area (Å²) in [5, 5.41) is 22.5. The number of benzene rings is 1. The lowest BCUT2D eigenvalue weighted by Crippen LogP contribution is -2.10. The van der Waals surface area contributed by atoms with Crippen molar-refractivity contribution in [2.45, 2.75) is 6.04 Å². The molecule has 0 aliphatic carbocycles. The molecule has 2 aromatic rings. The number of rotatable bonds is 2. The average Bonchev–Trinajstić information content (AvgIpc) is 2.67. The Kier molecular flexibility index (Phi) is 2.62. The van der Waals surface area contributed by atoms with Crippen LogP contribution in [0.25, 0.3) is 0 Å². The van der Waals surface area contributed by atoms with Gasteiger partial charge < -0.3 is 15.9 Å². The van der Waals surface area contributed by atoms with E-state index in [0.29, 0.717) is 5.56 Å². The molecule has 1 heterocycles. The number of phenolic OH excluding ortho intramolecular Hbond substituents is 2. The Morgan fingerprint density at radius 1 is 1.07 bits per heavy atom. The van der Waals surface area contributed by atoms with Gasteiger partial charge in [-0.1, -0.05) is 0 Å². The van der Waals surface area contributed by atoms with Crippen LogP contribution in [0.2, 0.25) is 0 Å². The van der Waals surface area contributed by atoms with E-state index in [9.17, 15) is 10.2 Å². The van der Waals surface area contributed by atoms with Crippen LogP contribution < -0.4 is 5.73 Å². The predicted molar refractivity (Wildman–Crippen MR) is 60.1 cm³/mol.